The molecule has 0 spiro atoms. The van der Waals surface area contributed by atoms with Gasteiger partial charge in [-0.15, -0.1) is 0 Å². The van der Waals surface area contributed by atoms with Crippen LogP contribution in [0.25, 0.3) is 0 Å². The van der Waals surface area contributed by atoms with Crippen molar-refractivity contribution in [2.24, 2.45) is 5.92 Å². The van der Waals surface area contributed by atoms with Crippen LogP contribution in [-0.4, -0.2) is 23.0 Å². The van der Waals surface area contributed by atoms with Crippen molar-refractivity contribution in [2.45, 2.75) is 64.5 Å². The number of amides is 1. The van der Waals surface area contributed by atoms with Gasteiger partial charge >= 0.3 is 0 Å². The molecule has 0 unspecified atom stereocenters. The molecule has 1 fully saturated rings. The number of hydrogen-bond acceptors (Lipinski definition) is 4. The van der Waals surface area contributed by atoms with E-state index in [1.807, 2.05) is 6.07 Å². The van der Waals surface area contributed by atoms with E-state index in [1.54, 1.807) is 12.1 Å². The maximum Gasteiger partial charge on any atom is 0.223 e. The van der Waals surface area contributed by atoms with Crippen molar-refractivity contribution in [1.29, 1.82) is 5.26 Å². The van der Waals surface area contributed by atoms with Crippen LogP contribution < -0.4 is 10.1 Å². The van der Waals surface area contributed by atoms with Crippen LogP contribution in [0.1, 0.15) is 57.9 Å². The highest BCUT2D eigenvalue weighted by molar-refractivity contribution is 5.78. The van der Waals surface area contributed by atoms with Crippen molar-refractivity contribution in [1.82, 2.24) is 10.3 Å². The first-order chi connectivity index (χ1) is 11.2. The zero-order chi connectivity index (χ0) is 16.7. The van der Waals surface area contributed by atoms with Crippen LogP contribution >= 0.6 is 0 Å². The number of carbonyl (C=O) groups is 1. The summed E-state index contributed by atoms with van der Waals surface area (Å²) in [7, 11) is 0. The summed E-state index contributed by atoms with van der Waals surface area (Å²) in [5.41, 5.74) is 0.533. The third-order valence-electron chi connectivity index (χ3n) is 4.53. The van der Waals surface area contributed by atoms with E-state index in [2.05, 4.69) is 24.1 Å². The Kier molecular flexibility index (Phi) is 6.40. The van der Waals surface area contributed by atoms with Gasteiger partial charge in [0.1, 0.15) is 12.2 Å². The lowest BCUT2D eigenvalue weighted by atomic mass is 9.92. The number of hydrogen-bond donors (Lipinski definition) is 1. The van der Waals surface area contributed by atoms with Gasteiger partial charge in [0.2, 0.25) is 11.8 Å². The molecule has 0 aliphatic heterocycles. The molecule has 5 nitrogen and oxygen atoms in total. The van der Waals surface area contributed by atoms with E-state index in [9.17, 15) is 4.79 Å². The molecule has 1 aromatic rings. The van der Waals surface area contributed by atoms with Crippen molar-refractivity contribution in [3.63, 3.8) is 0 Å². The van der Waals surface area contributed by atoms with Crippen molar-refractivity contribution >= 4 is 5.91 Å². The molecule has 1 N–H and O–H groups in total. The number of nitrogens with one attached hydrogen (secondary N) is 1. The van der Waals surface area contributed by atoms with Gasteiger partial charge in [-0.25, -0.2) is 4.98 Å². The number of nitriles is 1. The van der Waals surface area contributed by atoms with E-state index in [4.69, 9.17) is 10.00 Å². The van der Waals surface area contributed by atoms with Gasteiger partial charge in [0.25, 0.3) is 0 Å². The maximum atomic E-state index is 12.1. The molecule has 1 aromatic heterocycles. The minimum Gasteiger partial charge on any atom is -0.474 e. The lowest BCUT2D eigenvalue weighted by molar-refractivity contribution is -0.126. The van der Waals surface area contributed by atoms with E-state index in [0.717, 1.165) is 38.5 Å². The van der Waals surface area contributed by atoms with E-state index < -0.39 is 0 Å². The molecule has 0 saturated heterocycles. The Morgan fingerprint density at radius 2 is 2.04 bits per heavy atom. The Balaban J connectivity index is 1.77. The zero-order valence-electron chi connectivity index (χ0n) is 13.9. The Morgan fingerprint density at radius 3 is 2.57 bits per heavy atom. The summed E-state index contributed by atoms with van der Waals surface area (Å²) < 4.78 is 5.86. The predicted molar refractivity (Wildman–Crippen MR) is 87.8 cm³/mol. The number of aromatic nitrogens is 1. The van der Waals surface area contributed by atoms with Crippen LogP contribution in [0.15, 0.2) is 18.3 Å². The lowest BCUT2D eigenvalue weighted by Gasteiger charge is -2.30. The molecular weight excluding hydrogens is 290 g/mol. The van der Waals surface area contributed by atoms with Crippen LogP contribution in [0, 0.1) is 17.2 Å². The first-order valence-corrected chi connectivity index (χ1v) is 8.49. The van der Waals surface area contributed by atoms with Crippen LogP contribution in [0.2, 0.25) is 0 Å². The van der Waals surface area contributed by atoms with Gasteiger partial charge in [-0.2, -0.15) is 5.26 Å². The van der Waals surface area contributed by atoms with Gasteiger partial charge in [0.05, 0.1) is 5.56 Å². The molecule has 124 valence electrons. The van der Waals surface area contributed by atoms with E-state index in [-0.39, 0.29) is 24.0 Å². The molecule has 1 aliphatic rings. The fraction of sp³-hybridized carbons (Fsp3) is 0.611. The molecule has 1 amide bonds. The van der Waals surface area contributed by atoms with Crippen molar-refractivity contribution in [3.8, 4) is 11.9 Å². The molecule has 1 aliphatic carbocycles. The molecule has 23 heavy (non-hydrogen) atoms. The quantitative estimate of drug-likeness (QED) is 0.874. The third kappa shape index (κ3) is 4.95. The molecule has 5 heteroatoms. The average molecular weight is 315 g/mol. The topological polar surface area (TPSA) is 75.0 Å². The van der Waals surface area contributed by atoms with Gasteiger partial charge < -0.3 is 10.1 Å². The molecule has 0 aromatic carbocycles. The number of nitrogens with zero attached hydrogens (tertiary/aromatic N) is 2. The van der Waals surface area contributed by atoms with Crippen molar-refractivity contribution in [3.05, 3.63) is 23.9 Å². The van der Waals surface area contributed by atoms with Crippen LogP contribution in [-0.2, 0) is 4.79 Å². The van der Waals surface area contributed by atoms with Gasteiger partial charge in [-0.1, -0.05) is 13.8 Å². The second-order valence-corrected chi connectivity index (χ2v) is 6.11. The van der Waals surface area contributed by atoms with Crippen molar-refractivity contribution in [2.75, 3.05) is 0 Å². The SMILES string of the molecule is CCC(CC)C(=O)NC1CCC(Oc2ccc(C#N)cn2)CC1. The van der Waals surface area contributed by atoms with E-state index in [1.165, 1.54) is 6.20 Å². The smallest absolute Gasteiger partial charge is 0.223 e. The molecule has 1 heterocycles. The monoisotopic (exact) mass is 315 g/mol. The standard InChI is InChI=1S/C18H25N3O2/c1-3-14(4-2)18(22)21-15-6-8-16(9-7-15)23-17-10-5-13(11-19)12-20-17/h5,10,12,14-16H,3-4,6-9H2,1-2H3,(H,21,22). The highest BCUT2D eigenvalue weighted by atomic mass is 16.5. The summed E-state index contributed by atoms with van der Waals surface area (Å²) in [6, 6.07) is 5.75. The largest absolute Gasteiger partial charge is 0.474 e. The zero-order valence-corrected chi connectivity index (χ0v) is 13.9. The van der Waals surface area contributed by atoms with E-state index in [0.29, 0.717) is 11.4 Å². The fourth-order valence-corrected chi connectivity index (χ4v) is 2.99. The maximum absolute atomic E-state index is 12.1. The Morgan fingerprint density at radius 1 is 1.35 bits per heavy atom. The first-order valence-electron chi connectivity index (χ1n) is 8.49. The molecule has 0 bridgehead atoms. The first kappa shape index (κ1) is 17.3. The van der Waals surface area contributed by atoms with Crippen molar-refractivity contribution < 1.29 is 9.53 Å². The highest BCUT2D eigenvalue weighted by Gasteiger charge is 2.25. The second-order valence-electron chi connectivity index (χ2n) is 6.11. The predicted octanol–water partition coefficient (Wildman–Crippen LogP) is 3.20. The van der Waals surface area contributed by atoms with Crippen LogP contribution in [0.3, 0.4) is 0 Å². The Labute approximate surface area is 138 Å². The van der Waals surface area contributed by atoms with Gasteiger partial charge in [0, 0.05) is 24.2 Å². The minimum absolute atomic E-state index is 0.131. The third-order valence-corrected chi connectivity index (χ3v) is 4.53. The summed E-state index contributed by atoms with van der Waals surface area (Å²) in [5, 5.41) is 11.9. The van der Waals surface area contributed by atoms with Crippen LogP contribution in [0.4, 0.5) is 0 Å². The van der Waals surface area contributed by atoms with Gasteiger partial charge in [0.15, 0.2) is 0 Å². The highest BCUT2D eigenvalue weighted by Crippen LogP contribution is 2.23. The summed E-state index contributed by atoms with van der Waals surface area (Å²) in [5.74, 6) is 0.883. The molecule has 0 radical (unpaired) electrons. The molecule has 2 rings (SSSR count). The number of rotatable bonds is 6. The Hall–Kier alpha value is -2.09. The number of ether oxygens (including phenoxy) is 1. The molecule has 0 atom stereocenters. The van der Waals surface area contributed by atoms with Crippen LogP contribution in [0.5, 0.6) is 5.88 Å². The minimum atomic E-state index is 0.131. The summed E-state index contributed by atoms with van der Waals surface area (Å²) >= 11 is 0. The normalized spacial score (nSPS) is 20.8. The van der Waals surface area contributed by atoms with Gasteiger partial charge in [-0.3, -0.25) is 4.79 Å². The Bertz CT molecular complexity index is 538. The summed E-state index contributed by atoms with van der Waals surface area (Å²) in [6.45, 7) is 4.12. The second kappa shape index (κ2) is 8.52. The number of pyridine rings is 1. The number of carbonyl (C=O) groups excluding carboxylic acids is 1. The molecular formula is C18H25N3O2. The lowest BCUT2D eigenvalue weighted by Crippen LogP contribution is -2.42. The summed E-state index contributed by atoms with van der Waals surface area (Å²) in [4.78, 5) is 16.3. The summed E-state index contributed by atoms with van der Waals surface area (Å²) in [6.07, 6.45) is 7.15. The van der Waals surface area contributed by atoms with Gasteiger partial charge in [-0.05, 0) is 44.6 Å². The van der Waals surface area contributed by atoms with E-state index >= 15 is 0 Å². The fourth-order valence-electron chi connectivity index (χ4n) is 2.99. The molecule has 1 saturated carbocycles. The average Bonchev–Trinajstić information content (AvgIpc) is 2.58.